The molecule has 0 bridgehead atoms. The van der Waals surface area contributed by atoms with E-state index in [9.17, 15) is 9.90 Å². The Morgan fingerprint density at radius 2 is 2.00 bits per heavy atom. The van der Waals surface area contributed by atoms with Crippen molar-refractivity contribution in [2.75, 3.05) is 19.6 Å². The molecule has 0 aromatic heterocycles. The normalized spacial score (nSPS) is 21.8. The Bertz CT molecular complexity index is 495. The molecule has 1 atom stereocenters. The quantitative estimate of drug-likeness (QED) is 0.764. The van der Waals surface area contributed by atoms with E-state index in [1.165, 1.54) is 0 Å². The summed E-state index contributed by atoms with van der Waals surface area (Å²) in [6, 6.07) is 5.90. The zero-order valence-corrected chi connectivity index (χ0v) is 11.7. The first kappa shape index (κ1) is 13.6. The van der Waals surface area contributed by atoms with Crippen LogP contribution in [0.1, 0.15) is 46.9 Å². The number of hydrogen-bond donors (Lipinski definition) is 3. The summed E-state index contributed by atoms with van der Waals surface area (Å²) in [5.41, 5.74) is 2.72. The van der Waals surface area contributed by atoms with E-state index in [1.807, 2.05) is 18.2 Å². The number of carbonyl (C=O) groups is 1. The average molecular weight is 274 g/mol. The molecule has 2 heterocycles. The molecule has 0 aliphatic carbocycles. The number of aliphatic hydroxyl groups is 1. The molecule has 1 aromatic carbocycles. The van der Waals surface area contributed by atoms with Crippen LogP contribution in [0, 0.1) is 5.92 Å². The number of fused-ring (bicyclic) bond motifs is 1. The van der Waals surface area contributed by atoms with Crippen LogP contribution < -0.4 is 10.6 Å². The van der Waals surface area contributed by atoms with Gasteiger partial charge in [0, 0.05) is 12.1 Å². The molecule has 20 heavy (non-hydrogen) atoms. The molecule has 1 aromatic rings. The Kier molecular flexibility index (Phi) is 4.03. The Hall–Kier alpha value is -1.39. The van der Waals surface area contributed by atoms with Crippen LogP contribution in [-0.4, -0.2) is 30.6 Å². The summed E-state index contributed by atoms with van der Waals surface area (Å²) in [5, 5.41) is 16.8. The lowest BCUT2D eigenvalue weighted by Crippen LogP contribution is -2.31. The van der Waals surface area contributed by atoms with E-state index in [4.69, 9.17) is 0 Å². The second kappa shape index (κ2) is 5.94. The fraction of sp³-hybridized carbons (Fsp3) is 0.562. The minimum atomic E-state index is -0.460. The molecule has 4 nitrogen and oxygen atoms in total. The highest BCUT2D eigenvalue weighted by Crippen LogP contribution is 2.30. The predicted molar refractivity (Wildman–Crippen MR) is 77.6 cm³/mol. The fourth-order valence-corrected chi connectivity index (χ4v) is 3.22. The number of benzene rings is 1. The van der Waals surface area contributed by atoms with E-state index in [1.54, 1.807) is 0 Å². The molecule has 1 amide bonds. The van der Waals surface area contributed by atoms with Gasteiger partial charge in [-0.2, -0.15) is 0 Å². The van der Waals surface area contributed by atoms with Crippen molar-refractivity contribution in [3.63, 3.8) is 0 Å². The number of carbonyl (C=O) groups excluding carboxylic acids is 1. The van der Waals surface area contributed by atoms with Gasteiger partial charge in [0.2, 0.25) is 0 Å². The van der Waals surface area contributed by atoms with Crippen LogP contribution in [0.5, 0.6) is 0 Å². The summed E-state index contributed by atoms with van der Waals surface area (Å²) >= 11 is 0. The molecule has 1 saturated heterocycles. The summed E-state index contributed by atoms with van der Waals surface area (Å²) in [6.45, 7) is 2.67. The maximum absolute atomic E-state index is 12.1. The zero-order chi connectivity index (χ0) is 13.9. The molecule has 2 aliphatic rings. The SMILES string of the molecule is O=C1NCCCc2ccc(C(O)C3CCNCC3)cc21. The van der Waals surface area contributed by atoms with E-state index in [0.717, 1.165) is 62.0 Å². The lowest BCUT2D eigenvalue weighted by molar-refractivity contribution is 0.0885. The molecule has 0 radical (unpaired) electrons. The summed E-state index contributed by atoms with van der Waals surface area (Å²) < 4.78 is 0. The summed E-state index contributed by atoms with van der Waals surface area (Å²) in [7, 11) is 0. The Morgan fingerprint density at radius 3 is 2.80 bits per heavy atom. The van der Waals surface area contributed by atoms with Gasteiger partial charge in [-0.1, -0.05) is 12.1 Å². The number of piperidine rings is 1. The number of hydrogen-bond acceptors (Lipinski definition) is 3. The van der Waals surface area contributed by atoms with Crippen LogP contribution in [0.3, 0.4) is 0 Å². The van der Waals surface area contributed by atoms with Crippen LogP contribution in [0.25, 0.3) is 0 Å². The van der Waals surface area contributed by atoms with Gasteiger partial charge in [-0.3, -0.25) is 4.79 Å². The topological polar surface area (TPSA) is 61.4 Å². The molecule has 4 heteroatoms. The van der Waals surface area contributed by atoms with Crippen molar-refractivity contribution in [3.05, 3.63) is 34.9 Å². The van der Waals surface area contributed by atoms with Crippen LogP contribution in [0.15, 0.2) is 18.2 Å². The van der Waals surface area contributed by atoms with Gasteiger partial charge >= 0.3 is 0 Å². The molecular weight excluding hydrogens is 252 g/mol. The van der Waals surface area contributed by atoms with Crippen molar-refractivity contribution in [2.24, 2.45) is 5.92 Å². The number of aryl methyl sites for hydroxylation is 1. The van der Waals surface area contributed by atoms with Crippen molar-refractivity contribution in [1.29, 1.82) is 0 Å². The average Bonchev–Trinajstić information content (AvgIpc) is 2.69. The van der Waals surface area contributed by atoms with E-state index in [0.29, 0.717) is 5.92 Å². The van der Waals surface area contributed by atoms with Gasteiger partial charge in [-0.05, 0) is 61.9 Å². The number of aliphatic hydroxyl groups excluding tert-OH is 1. The molecule has 3 N–H and O–H groups in total. The predicted octanol–water partition coefficient (Wildman–Crippen LogP) is 1.40. The Labute approximate surface area is 119 Å². The van der Waals surface area contributed by atoms with E-state index < -0.39 is 6.10 Å². The third kappa shape index (κ3) is 2.72. The first-order valence-electron chi connectivity index (χ1n) is 7.55. The molecule has 0 saturated carbocycles. The first-order valence-corrected chi connectivity index (χ1v) is 7.55. The highest BCUT2D eigenvalue weighted by Gasteiger charge is 2.24. The van der Waals surface area contributed by atoms with Crippen molar-refractivity contribution < 1.29 is 9.90 Å². The van der Waals surface area contributed by atoms with E-state index >= 15 is 0 Å². The van der Waals surface area contributed by atoms with Crippen LogP contribution in [0.4, 0.5) is 0 Å². The summed E-state index contributed by atoms with van der Waals surface area (Å²) in [5.74, 6) is 0.292. The molecule has 2 aliphatic heterocycles. The van der Waals surface area contributed by atoms with Crippen molar-refractivity contribution in [2.45, 2.75) is 31.8 Å². The lowest BCUT2D eigenvalue weighted by atomic mass is 9.86. The van der Waals surface area contributed by atoms with Gasteiger partial charge in [0.1, 0.15) is 0 Å². The third-order valence-electron chi connectivity index (χ3n) is 4.46. The third-order valence-corrected chi connectivity index (χ3v) is 4.46. The van der Waals surface area contributed by atoms with Crippen molar-refractivity contribution >= 4 is 5.91 Å². The highest BCUT2D eigenvalue weighted by molar-refractivity contribution is 5.96. The summed E-state index contributed by atoms with van der Waals surface area (Å²) in [6.07, 6.45) is 3.43. The second-order valence-corrected chi connectivity index (χ2v) is 5.81. The van der Waals surface area contributed by atoms with E-state index in [-0.39, 0.29) is 5.91 Å². The maximum atomic E-state index is 12.1. The highest BCUT2D eigenvalue weighted by atomic mass is 16.3. The van der Waals surface area contributed by atoms with Crippen molar-refractivity contribution in [3.8, 4) is 0 Å². The first-order chi connectivity index (χ1) is 9.75. The maximum Gasteiger partial charge on any atom is 0.251 e. The second-order valence-electron chi connectivity index (χ2n) is 5.81. The number of amides is 1. The molecule has 1 fully saturated rings. The van der Waals surface area contributed by atoms with Gasteiger partial charge in [0.15, 0.2) is 0 Å². The standard InChI is InChI=1S/C16H22N2O2/c19-15(12-5-8-17-9-6-12)13-4-3-11-2-1-7-18-16(20)14(11)10-13/h3-4,10,12,15,17,19H,1-2,5-9H2,(H,18,20). The largest absolute Gasteiger partial charge is 0.388 e. The zero-order valence-electron chi connectivity index (χ0n) is 11.7. The molecule has 0 spiro atoms. The minimum Gasteiger partial charge on any atom is -0.388 e. The monoisotopic (exact) mass is 274 g/mol. The van der Waals surface area contributed by atoms with Crippen LogP contribution in [-0.2, 0) is 6.42 Å². The van der Waals surface area contributed by atoms with Gasteiger partial charge in [0.05, 0.1) is 6.10 Å². The summed E-state index contributed by atoms with van der Waals surface area (Å²) in [4.78, 5) is 12.1. The minimum absolute atomic E-state index is 0.00291. The Balaban J connectivity index is 1.85. The Morgan fingerprint density at radius 1 is 1.20 bits per heavy atom. The number of nitrogens with one attached hydrogen (secondary N) is 2. The molecule has 3 rings (SSSR count). The molecular formula is C16H22N2O2. The lowest BCUT2D eigenvalue weighted by Gasteiger charge is -2.27. The van der Waals surface area contributed by atoms with Gasteiger partial charge < -0.3 is 15.7 Å². The van der Waals surface area contributed by atoms with Gasteiger partial charge in [-0.15, -0.1) is 0 Å². The smallest absolute Gasteiger partial charge is 0.251 e. The van der Waals surface area contributed by atoms with Crippen molar-refractivity contribution in [1.82, 2.24) is 10.6 Å². The number of rotatable bonds is 2. The fourth-order valence-electron chi connectivity index (χ4n) is 3.22. The molecule has 1 unspecified atom stereocenters. The molecule has 108 valence electrons. The van der Waals surface area contributed by atoms with Crippen LogP contribution in [0.2, 0.25) is 0 Å². The van der Waals surface area contributed by atoms with Crippen LogP contribution >= 0.6 is 0 Å². The van der Waals surface area contributed by atoms with Gasteiger partial charge in [-0.25, -0.2) is 0 Å². The van der Waals surface area contributed by atoms with Gasteiger partial charge in [0.25, 0.3) is 5.91 Å². The van der Waals surface area contributed by atoms with E-state index in [2.05, 4.69) is 10.6 Å².